The first-order valence-corrected chi connectivity index (χ1v) is 17.1. The molecule has 164 valence electrons. The molecule has 4 nitrogen and oxygen atoms in total. The fourth-order valence-corrected chi connectivity index (χ4v) is 13.8. The molecule has 2 atom stereocenters. The van der Waals surface area contributed by atoms with E-state index in [4.69, 9.17) is 37.6 Å². The summed E-state index contributed by atoms with van der Waals surface area (Å²) in [7, 11) is 22.1. The molecular weight excluding hydrogens is 471 g/mol. The quantitative estimate of drug-likeness (QED) is 0.435. The van der Waals surface area contributed by atoms with Crippen LogP contribution in [0.1, 0.15) is 37.6 Å². The molecule has 2 aliphatic rings. The first kappa shape index (κ1) is 22.5. The van der Waals surface area contributed by atoms with Crippen LogP contribution in [-0.2, 0) is 12.7 Å². The maximum absolute atomic E-state index is 7.70. The summed E-state index contributed by atoms with van der Waals surface area (Å²) in [6.07, 6.45) is 8.29. The second kappa shape index (κ2) is 8.01. The van der Waals surface area contributed by atoms with Gasteiger partial charge < -0.3 is 0 Å². The molecule has 31 heavy (non-hydrogen) atoms. The molecule has 4 rings (SSSR count). The van der Waals surface area contributed by atoms with Crippen molar-refractivity contribution in [2.75, 3.05) is 28.4 Å². The molecule has 0 radical (unpaired) electrons. The normalized spacial score (nSPS) is 19.1. The van der Waals surface area contributed by atoms with E-state index in [9.17, 15) is 0 Å². The van der Waals surface area contributed by atoms with E-state index in [0.717, 1.165) is 45.3 Å². The predicted molar refractivity (Wildman–Crippen MR) is 126 cm³/mol. The predicted octanol–water partition coefficient (Wildman–Crippen LogP) is 6.38. The number of benzene rings is 2. The summed E-state index contributed by atoms with van der Waals surface area (Å²) in [5, 5.41) is 0. The minimum absolute atomic E-state index is 0.207. The van der Waals surface area contributed by atoms with Gasteiger partial charge in [0, 0.05) is 0 Å². The second-order valence-corrected chi connectivity index (χ2v) is 22.2. The fraction of sp³-hybridized carbons (Fsp3) is 0.292. The summed E-state index contributed by atoms with van der Waals surface area (Å²) in [4.78, 5) is 0. The number of halogens is 2. The molecule has 0 bridgehead atoms. The van der Waals surface area contributed by atoms with Crippen molar-refractivity contribution in [2.45, 2.75) is 15.4 Å². The molecule has 0 aliphatic heterocycles. The zero-order valence-corrected chi connectivity index (χ0v) is 21.3. The van der Waals surface area contributed by atoms with Gasteiger partial charge in [-0.25, -0.2) is 0 Å². The van der Waals surface area contributed by atoms with E-state index in [0.29, 0.717) is 0 Å². The van der Waals surface area contributed by atoms with Crippen LogP contribution in [0.25, 0.3) is 12.2 Å². The van der Waals surface area contributed by atoms with E-state index >= 15 is 0 Å². The van der Waals surface area contributed by atoms with Crippen LogP contribution in [-0.4, -0.2) is 32.8 Å². The molecule has 0 aromatic heterocycles. The van der Waals surface area contributed by atoms with Gasteiger partial charge in [0.25, 0.3) is 0 Å². The molecule has 0 saturated heterocycles. The van der Waals surface area contributed by atoms with Crippen LogP contribution in [0.15, 0.2) is 36.4 Å². The first-order chi connectivity index (χ1) is 14.8. The van der Waals surface area contributed by atoms with Gasteiger partial charge in [0.05, 0.1) is 0 Å². The van der Waals surface area contributed by atoms with E-state index in [1.54, 1.807) is 28.4 Å². The molecule has 2 aliphatic carbocycles. The molecule has 2 aromatic carbocycles. The topological polar surface area (TPSA) is 36.9 Å². The summed E-state index contributed by atoms with van der Waals surface area (Å²) in [6, 6.07) is 7.64. The standard InChI is InChI=1S/2C11H11O2.C2H4.2ClH.Ti/c2*1-12-10-6-7-11(13-2)9-5-3-4-8(9)10;1-2;;;/h2*3-7H,1-2H3;1H,2H3;2*1H;/q;;;;;+2/p-2. The van der Waals surface area contributed by atoms with Gasteiger partial charge in [0.1, 0.15) is 0 Å². The maximum atomic E-state index is 7.70. The number of hydrogen-bond acceptors (Lipinski definition) is 4. The Balaban J connectivity index is 1.97. The Hall–Kier alpha value is -1.72. The van der Waals surface area contributed by atoms with Gasteiger partial charge in [-0.1, -0.05) is 0 Å². The number of allylic oxidation sites excluding steroid dienone is 2. The molecule has 0 heterocycles. The monoisotopic (exact) mass is 496 g/mol. The van der Waals surface area contributed by atoms with Crippen LogP contribution in [0.4, 0.5) is 0 Å². The van der Waals surface area contributed by atoms with Gasteiger partial charge in [-0.05, 0) is 0 Å². The second-order valence-electron chi connectivity index (χ2n) is 7.78. The zero-order valence-electron chi connectivity index (χ0n) is 18.2. The van der Waals surface area contributed by atoms with Gasteiger partial charge in [-0.2, -0.15) is 0 Å². The first-order valence-electron chi connectivity index (χ1n) is 10.1. The average molecular weight is 497 g/mol. The number of hydrogen-bond donors (Lipinski definition) is 0. The zero-order chi connectivity index (χ0) is 22.4. The Morgan fingerprint density at radius 3 is 1.35 bits per heavy atom. The molecule has 2 unspecified atom stereocenters. The van der Waals surface area contributed by atoms with Gasteiger partial charge in [-0.3, -0.25) is 0 Å². The van der Waals surface area contributed by atoms with E-state index in [1.807, 2.05) is 47.7 Å². The number of rotatable bonds is 6. The summed E-state index contributed by atoms with van der Waals surface area (Å²) in [5.41, 5.74) is 3.88. The van der Waals surface area contributed by atoms with Gasteiger partial charge >= 0.3 is 192 Å². The van der Waals surface area contributed by atoms with Crippen molar-refractivity contribution in [3.05, 3.63) is 58.7 Å². The molecule has 2 aromatic rings. The van der Waals surface area contributed by atoms with E-state index in [1.165, 1.54) is 0 Å². The Bertz CT molecular complexity index is 1090. The van der Waals surface area contributed by atoms with Crippen molar-refractivity contribution in [3.8, 4) is 23.0 Å². The fourth-order valence-electron chi connectivity index (χ4n) is 4.94. The third kappa shape index (κ3) is 3.19. The third-order valence-corrected chi connectivity index (χ3v) is 19.2. The van der Waals surface area contributed by atoms with Crippen LogP contribution >= 0.6 is 18.6 Å². The molecule has 0 spiro atoms. The summed E-state index contributed by atoms with van der Waals surface area (Å²) < 4.78 is 24.3. The van der Waals surface area contributed by atoms with Crippen LogP contribution in [0.3, 0.4) is 0 Å². The molecule has 0 N–H and O–H groups in total. The van der Waals surface area contributed by atoms with Crippen molar-refractivity contribution < 1.29 is 31.7 Å². The summed E-state index contributed by atoms with van der Waals surface area (Å²) in [6.45, 7) is 1.97. The van der Waals surface area contributed by atoms with Crippen LogP contribution in [0, 0.1) is 0 Å². The summed E-state index contributed by atoms with van der Waals surface area (Å²) in [5.74, 6) is 3.05. The summed E-state index contributed by atoms with van der Waals surface area (Å²) >= 11 is -4.55. The Morgan fingerprint density at radius 2 is 1.03 bits per heavy atom. The van der Waals surface area contributed by atoms with E-state index in [-0.39, 0.29) is 8.45 Å². The van der Waals surface area contributed by atoms with Crippen molar-refractivity contribution in [2.24, 2.45) is 0 Å². The number of fused-ring (bicyclic) bond motifs is 2. The number of methoxy groups -OCH3 is 4. The van der Waals surface area contributed by atoms with Crippen LogP contribution < -0.4 is 18.9 Å². The van der Waals surface area contributed by atoms with E-state index in [2.05, 4.69) is 12.2 Å². The van der Waals surface area contributed by atoms with Crippen molar-refractivity contribution in [3.63, 3.8) is 0 Å². The van der Waals surface area contributed by atoms with Gasteiger partial charge in [-0.15, -0.1) is 0 Å². The third-order valence-electron chi connectivity index (χ3n) is 6.57. The van der Waals surface area contributed by atoms with Crippen LogP contribution in [0.5, 0.6) is 23.0 Å². The number of ether oxygens (including phenoxy) is 4. The Kier molecular flexibility index (Phi) is 5.80. The molecule has 0 amide bonds. The Labute approximate surface area is 191 Å². The van der Waals surface area contributed by atoms with Gasteiger partial charge in [0.15, 0.2) is 0 Å². The van der Waals surface area contributed by atoms with Crippen molar-refractivity contribution in [1.29, 1.82) is 0 Å². The SMILES string of the molecule is C[CH]=[Ti]([Cl])([Cl])([CH]1C=Cc2c(OC)ccc(OC)c21)[CH]1C=Cc2c(OC)ccc(OC)c21. The van der Waals surface area contributed by atoms with Gasteiger partial charge in [0.2, 0.25) is 0 Å². The van der Waals surface area contributed by atoms with Crippen molar-refractivity contribution >= 4 is 35.1 Å². The minimum atomic E-state index is -4.55. The van der Waals surface area contributed by atoms with Crippen LogP contribution in [0.2, 0.25) is 0 Å². The Morgan fingerprint density at radius 1 is 0.677 bits per heavy atom. The molecule has 0 saturated carbocycles. The van der Waals surface area contributed by atoms with Crippen molar-refractivity contribution in [1.82, 2.24) is 0 Å². The molecule has 0 fully saturated rings. The average Bonchev–Trinajstić information content (AvgIpc) is 3.44. The molecular formula is C24H26Cl2O4Ti. The molecule has 7 heteroatoms. The van der Waals surface area contributed by atoms with E-state index < -0.39 is 12.7 Å².